The molecule has 0 unspecified atom stereocenters. The van der Waals surface area contributed by atoms with E-state index in [0.29, 0.717) is 10.6 Å². The molecule has 0 saturated heterocycles. The predicted molar refractivity (Wildman–Crippen MR) is 156 cm³/mol. The summed E-state index contributed by atoms with van der Waals surface area (Å²) < 4.78 is 42.2. The van der Waals surface area contributed by atoms with Crippen LogP contribution in [0.5, 0.6) is 0 Å². The van der Waals surface area contributed by atoms with E-state index in [-0.39, 0.29) is 30.6 Å². The van der Waals surface area contributed by atoms with E-state index < -0.39 is 34.5 Å². The van der Waals surface area contributed by atoms with Crippen molar-refractivity contribution in [3.8, 4) is 0 Å². The number of hydrogen-bond acceptors (Lipinski definition) is 4. The Morgan fingerprint density at radius 3 is 2.10 bits per heavy atom. The first-order chi connectivity index (χ1) is 18.9. The van der Waals surface area contributed by atoms with Crippen LogP contribution in [0.4, 0.5) is 10.1 Å². The molecule has 1 N–H and O–H groups in total. The normalized spacial score (nSPS) is 12.3. The number of anilines is 1. The summed E-state index contributed by atoms with van der Waals surface area (Å²) in [6.07, 6.45) is 0.187. The molecule has 0 spiro atoms. The smallest absolute Gasteiger partial charge is 0.304 e. The van der Waals surface area contributed by atoms with E-state index in [9.17, 15) is 22.4 Å². The lowest BCUT2D eigenvalue weighted by molar-refractivity contribution is -0.140. The minimum atomic E-state index is -4.17. The Labute approximate surface area is 240 Å². The predicted octanol–water partition coefficient (Wildman–Crippen LogP) is 4.26. The zero-order valence-electron chi connectivity index (χ0n) is 22.9. The number of rotatable bonds is 12. The monoisotopic (exact) mass is 588 g/mol. The van der Waals surface area contributed by atoms with E-state index >= 15 is 0 Å². The van der Waals surface area contributed by atoms with Crippen molar-refractivity contribution >= 4 is 39.3 Å². The van der Waals surface area contributed by atoms with Crippen molar-refractivity contribution in [3.05, 3.63) is 101 Å². The minimum Gasteiger partial charge on any atom is -0.352 e. The van der Waals surface area contributed by atoms with Gasteiger partial charge in [-0.3, -0.25) is 9.59 Å². The molecule has 0 aliphatic carbocycles. The first kappa shape index (κ1) is 31.1. The molecule has 0 aromatic heterocycles. The van der Waals surface area contributed by atoms with Crippen LogP contribution in [0.2, 0.25) is 5.02 Å². The highest BCUT2D eigenvalue weighted by Crippen LogP contribution is 2.24. The summed E-state index contributed by atoms with van der Waals surface area (Å²) in [5.41, 5.74) is 1.52. The summed E-state index contributed by atoms with van der Waals surface area (Å²) in [7, 11) is -1.49. The fraction of sp³-hybridized carbons (Fsp3) is 0.310. The van der Waals surface area contributed by atoms with Gasteiger partial charge in [0.25, 0.3) is 0 Å². The Balaban J connectivity index is 2.10. The lowest BCUT2D eigenvalue weighted by Crippen LogP contribution is -2.55. The van der Waals surface area contributed by atoms with E-state index in [1.165, 1.54) is 31.1 Å². The Hall–Kier alpha value is -3.47. The van der Waals surface area contributed by atoms with Crippen molar-refractivity contribution in [1.82, 2.24) is 14.5 Å². The molecule has 0 bridgehead atoms. The molecule has 0 fully saturated rings. The van der Waals surface area contributed by atoms with Crippen LogP contribution in [0.1, 0.15) is 25.0 Å². The highest BCUT2D eigenvalue weighted by Gasteiger charge is 2.35. The van der Waals surface area contributed by atoms with Crippen LogP contribution in [-0.2, 0) is 32.8 Å². The zero-order valence-corrected chi connectivity index (χ0v) is 24.5. The van der Waals surface area contributed by atoms with Gasteiger partial charge in [-0.1, -0.05) is 60.1 Å². The Kier molecular flexibility index (Phi) is 10.7. The van der Waals surface area contributed by atoms with E-state index in [1.54, 1.807) is 24.3 Å². The largest absolute Gasteiger partial charge is 0.352 e. The molecule has 40 heavy (non-hydrogen) atoms. The van der Waals surface area contributed by atoms with Crippen LogP contribution in [0.3, 0.4) is 0 Å². The first-order valence-corrected chi connectivity index (χ1v) is 14.5. The number of nitrogens with zero attached hydrogens (tertiary/aromatic N) is 3. The summed E-state index contributed by atoms with van der Waals surface area (Å²) in [5.74, 6) is -1.57. The number of benzene rings is 3. The molecule has 0 saturated carbocycles. The van der Waals surface area contributed by atoms with Crippen LogP contribution in [0.25, 0.3) is 0 Å². The topological polar surface area (TPSA) is 90.0 Å². The second kappa shape index (κ2) is 13.7. The number of nitrogens with one attached hydrogen (secondary N) is 1. The van der Waals surface area contributed by atoms with Gasteiger partial charge in [0.05, 0.1) is 5.69 Å². The highest BCUT2D eigenvalue weighted by atomic mass is 35.5. The standard InChI is InChI=1S/C29H34ClFN4O4S/c1-21(2)32-29(37)27(18-22-10-6-5-7-11-22)34(19-23-12-8-9-13-26(23)30)28(36)20-35(40(38,39)33(3)4)25-16-14-24(31)15-17-25/h5-17,21,27H,18-20H2,1-4H3,(H,32,37)/t27-/m0/s1. The molecule has 214 valence electrons. The molecule has 0 radical (unpaired) electrons. The summed E-state index contributed by atoms with van der Waals surface area (Å²) in [4.78, 5) is 29.0. The summed E-state index contributed by atoms with van der Waals surface area (Å²) in [6, 6.07) is 19.8. The summed E-state index contributed by atoms with van der Waals surface area (Å²) in [5, 5.41) is 3.29. The molecule has 2 amide bonds. The molecule has 0 aliphatic heterocycles. The van der Waals surface area contributed by atoms with Gasteiger partial charge in [-0.25, -0.2) is 8.70 Å². The van der Waals surface area contributed by atoms with Gasteiger partial charge in [0.1, 0.15) is 18.4 Å². The van der Waals surface area contributed by atoms with Crippen molar-refractivity contribution in [2.24, 2.45) is 0 Å². The summed E-state index contributed by atoms with van der Waals surface area (Å²) in [6.45, 7) is 2.97. The van der Waals surface area contributed by atoms with Gasteiger partial charge < -0.3 is 10.2 Å². The zero-order chi connectivity index (χ0) is 29.4. The van der Waals surface area contributed by atoms with Gasteiger partial charge in [-0.05, 0) is 55.3 Å². The third kappa shape index (κ3) is 8.03. The van der Waals surface area contributed by atoms with Crippen LogP contribution in [0.15, 0.2) is 78.9 Å². The minimum absolute atomic E-state index is 0.0409. The van der Waals surface area contributed by atoms with Gasteiger partial charge in [0.15, 0.2) is 0 Å². The van der Waals surface area contributed by atoms with Crippen LogP contribution < -0.4 is 9.62 Å². The fourth-order valence-electron chi connectivity index (χ4n) is 4.07. The SMILES string of the molecule is CC(C)NC(=O)[C@H](Cc1ccccc1)N(Cc1ccccc1Cl)C(=O)CN(c1ccc(F)cc1)S(=O)(=O)N(C)C. The molecule has 8 nitrogen and oxygen atoms in total. The third-order valence-electron chi connectivity index (χ3n) is 6.13. The quantitative estimate of drug-likeness (QED) is 0.342. The lowest BCUT2D eigenvalue weighted by atomic mass is 10.0. The van der Waals surface area contributed by atoms with Gasteiger partial charge in [0, 0.05) is 38.1 Å². The maximum Gasteiger partial charge on any atom is 0.304 e. The second-order valence-electron chi connectivity index (χ2n) is 9.76. The third-order valence-corrected chi connectivity index (χ3v) is 8.32. The first-order valence-electron chi connectivity index (χ1n) is 12.7. The van der Waals surface area contributed by atoms with Crippen LogP contribution >= 0.6 is 11.6 Å². The maximum absolute atomic E-state index is 14.1. The molecule has 11 heteroatoms. The molecule has 3 aromatic rings. The van der Waals surface area contributed by atoms with E-state index in [0.717, 1.165) is 26.3 Å². The van der Waals surface area contributed by atoms with Gasteiger partial charge in [-0.2, -0.15) is 12.7 Å². The Bertz CT molecular complexity index is 1400. The summed E-state index contributed by atoms with van der Waals surface area (Å²) >= 11 is 6.45. The van der Waals surface area contributed by atoms with Crippen LogP contribution in [0, 0.1) is 5.82 Å². The van der Waals surface area contributed by atoms with Gasteiger partial charge in [0.2, 0.25) is 11.8 Å². The second-order valence-corrected chi connectivity index (χ2v) is 12.2. The van der Waals surface area contributed by atoms with Crippen molar-refractivity contribution in [3.63, 3.8) is 0 Å². The Morgan fingerprint density at radius 1 is 0.925 bits per heavy atom. The fourth-order valence-corrected chi connectivity index (χ4v) is 5.32. The molecule has 1 atom stereocenters. The Morgan fingerprint density at radius 2 is 1.52 bits per heavy atom. The molecular weight excluding hydrogens is 555 g/mol. The molecule has 0 aliphatic rings. The molecular formula is C29H34ClFN4O4S. The number of carbonyl (C=O) groups is 2. The highest BCUT2D eigenvalue weighted by molar-refractivity contribution is 7.90. The van der Waals surface area contributed by atoms with Crippen molar-refractivity contribution < 1.29 is 22.4 Å². The van der Waals surface area contributed by atoms with E-state index in [4.69, 9.17) is 11.6 Å². The maximum atomic E-state index is 14.1. The number of halogens is 2. The number of carbonyl (C=O) groups excluding carboxylic acids is 2. The van der Waals surface area contributed by atoms with Gasteiger partial charge >= 0.3 is 10.2 Å². The van der Waals surface area contributed by atoms with Crippen molar-refractivity contribution in [2.75, 3.05) is 24.9 Å². The number of amides is 2. The van der Waals surface area contributed by atoms with E-state index in [2.05, 4.69) is 5.32 Å². The van der Waals surface area contributed by atoms with Crippen LogP contribution in [-0.4, -0.2) is 62.2 Å². The van der Waals surface area contributed by atoms with Gasteiger partial charge in [-0.15, -0.1) is 0 Å². The van der Waals surface area contributed by atoms with Crippen molar-refractivity contribution in [1.29, 1.82) is 0 Å². The van der Waals surface area contributed by atoms with E-state index in [1.807, 2.05) is 44.2 Å². The lowest BCUT2D eigenvalue weighted by Gasteiger charge is -2.34. The molecule has 0 heterocycles. The molecule has 3 aromatic carbocycles. The molecule has 3 rings (SSSR count). The van der Waals surface area contributed by atoms with Crippen molar-refractivity contribution in [2.45, 2.75) is 38.9 Å². The average molecular weight is 589 g/mol. The average Bonchev–Trinajstić information content (AvgIpc) is 2.90. The number of hydrogen-bond donors (Lipinski definition) is 1.